The zero-order valence-electron chi connectivity index (χ0n) is 40.1. The molecule has 27 heteroatoms. The monoisotopic (exact) mass is 1020 g/mol. The highest BCUT2D eigenvalue weighted by atomic mass is 32.1. The van der Waals surface area contributed by atoms with E-state index in [0.717, 1.165) is 21.6 Å². The Morgan fingerprint density at radius 2 is 1.26 bits per heavy atom. The summed E-state index contributed by atoms with van der Waals surface area (Å²) in [6, 6.07) is -2.83. The molecule has 1 aromatic carbocycles. The van der Waals surface area contributed by atoms with Gasteiger partial charge in [0.25, 0.3) is 0 Å². The molecule has 0 saturated carbocycles. The molecular weight excluding hydrogens is 953 g/mol. The van der Waals surface area contributed by atoms with Crippen LogP contribution in [0.25, 0.3) is 0 Å². The van der Waals surface area contributed by atoms with Crippen LogP contribution in [0.3, 0.4) is 0 Å². The third-order valence-corrected chi connectivity index (χ3v) is 11.2. The molecule has 1 aromatic rings. The first-order chi connectivity index (χ1) is 32.8. The lowest BCUT2D eigenvalue weighted by Gasteiger charge is -2.29. The van der Waals surface area contributed by atoms with Crippen LogP contribution in [0.4, 0.5) is 0 Å². The molecule has 0 unspecified atom stereocenters. The van der Waals surface area contributed by atoms with E-state index in [-0.39, 0.29) is 49.7 Å². The van der Waals surface area contributed by atoms with Gasteiger partial charge in [0, 0.05) is 38.6 Å². The van der Waals surface area contributed by atoms with Crippen molar-refractivity contribution in [1.82, 2.24) is 42.1 Å². The molecule has 0 saturated heterocycles. The Morgan fingerprint density at radius 3 is 1.81 bits per heavy atom. The molecule has 17 N–H and O–H groups in total. The van der Waals surface area contributed by atoms with E-state index in [1.54, 1.807) is 13.8 Å². The summed E-state index contributed by atoms with van der Waals surface area (Å²) in [5.74, 6) is -10.3. The Balaban J connectivity index is 3.32. The van der Waals surface area contributed by atoms with Crippen LogP contribution in [0.1, 0.15) is 75.5 Å². The zero-order chi connectivity index (χ0) is 53.2. The van der Waals surface area contributed by atoms with Gasteiger partial charge in [-0.2, -0.15) is 25.3 Å². The minimum Gasteiger partial charge on any atom is -0.370 e. The molecule has 70 heavy (non-hydrogen) atoms. The SMILES string of the molecule is CC[C@H](C)[C@H](NC(=O)[C@H](Cc1ccc(C)cc1C)NC(=O)CCS)C(=O)N[C@@H](CCC(N)=O)C(=O)N[C@@H](CC(N)=O)C(=O)N[C@@H](CS)C(=O)N(C)CC(=O)N[C@@H](CCCN=C(N)N)C(=O)NCC(N)=O. The maximum atomic E-state index is 14.1. The Kier molecular flexibility index (Phi) is 27.6. The molecule has 0 aliphatic carbocycles. The number of likely N-dealkylation sites (N-methyl/N-ethyl adjacent to an activating group) is 1. The molecule has 0 aliphatic heterocycles. The lowest BCUT2D eigenvalue weighted by Crippen LogP contribution is -2.61. The van der Waals surface area contributed by atoms with Crippen molar-refractivity contribution >= 4 is 96.2 Å². The van der Waals surface area contributed by atoms with Gasteiger partial charge in [-0.25, -0.2) is 0 Å². The predicted molar refractivity (Wildman–Crippen MR) is 265 cm³/mol. The smallest absolute Gasteiger partial charge is 0.246 e. The first-order valence-electron chi connectivity index (χ1n) is 22.3. The number of nitrogens with two attached hydrogens (primary N) is 5. The molecule has 0 radical (unpaired) electrons. The van der Waals surface area contributed by atoms with Gasteiger partial charge in [0.2, 0.25) is 65.0 Å². The van der Waals surface area contributed by atoms with E-state index in [1.165, 1.54) is 7.05 Å². The van der Waals surface area contributed by atoms with Crippen LogP contribution in [0.2, 0.25) is 0 Å². The Hall–Kier alpha value is -6.64. The molecule has 25 nitrogen and oxygen atoms in total. The average molecular weight is 1020 g/mol. The second-order valence-corrected chi connectivity index (χ2v) is 17.4. The number of thiol groups is 2. The molecule has 0 fully saturated rings. The first kappa shape index (κ1) is 61.4. The summed E-state index contributed by atoms with van der Waals surface area (Å²) in [7, 11) is 1.21. The van der Waals surface area contributed by atoms with E-state index in [2.05, 4.69) is 67.5 Å². The third kappa shape index (κ3) is 23.1. The van der Waals surface area contributed by atoms with Crippen LogP contribution < -0.4 is 65.9 Å². The number of nitrogens with zero attached hydrogens (tertiary/aromatic N) is 2. The summed E-state index contributed by atoms with van der Waals surface area (Å²) in [6.07, 6.45) is -0.962. The summed E-state index contributed by atoms with van der Waals surface area (Å²) in [6.45, 7) is 6.13. The summed E-state index contributed by atoms with van der Waals surface area (Å²) in [5.41, 5.74) is 29.2. The standard InChI is InChI=1S/C43H70N14O11S2/c1-6-23(3)36(56-40(66)28(52-34(61)13-15-69)17-25-10-9-22(2)16-24(25)4)41(67)53-27(11-12-31(44)58)38(64)54-29(18-32(45)59)39(65)55-30(21-70)42(68)57(5)20-35(62)51-26(8-7-14-49-43(47)48)37(63)50-19-33(46)60/h9-10,16,23,26-30,36,69-70H,6-8,11-15,17-21H2,1-5H3,(H2,44,58)(H2,45,59)(H2,46,60)(H,50,63)(H,51,62)(H,52,61)(H,53,67)(H,54,64)(H,55,65)(H,56,66)(H4,47,48,49)/t23-,26-,27-,28-,29-,30-,36-/m0/s1. The lowest BCUT2D eigenvalue weighted by molar-refractivity contribution is -0.139. The number of hydrogen-bond donors (Lipinski definition) is 14. The predicted octanol–water partition coefficient (Wildman–Crippen LogP) is -4.70. The molecule has 0 heterocycles. The molecule has 0 spiro atoms. The molecule has 7 atom stereocenters. The van der Waals surface area contributed by atoms with Crippen LogP contribution in [0, 0.1) is 19.8 Å². The van der Waals surface area contributed by atoms with Gasteiger partial charge in [0.15, 0.2) is 5.96 Å². The van der Waals surface area contributed by atoms with Crippen molar-refractivity contribution in [3.8, 4) is 0 Å². The summed E-state index contributed by atoms with van der Waals surface area (Å²) < 4.78 is 0. The van der Waals surface area contributed by atoms with E-state index in [0.29, 0.717) is 6.42 Å². The largest absolute Gasteiger partial charge is 0.370 e. The van der Waals surface area contributed by atoms with Gasteiger partial charge in [-0.15, -0.1) is 0 Å². The maximum absolute atomic E-state index is 14.1. The molecule has 0 aliphatic rings. The highest BCUT2D eigenvalue weighted by Gasteiger charge is 2.35. The maximum Gasteiger partial charge on any atom is 0.246 e. The normalized spacial score (nSPS) is 13.8. The summed E-state index contributed by atoms with van der Waals surface area (Å²) >= 11 is 8.27. The van der Waals surface area contributed by atoms with Gasteiger partial charge in [-0.1, -0.05) is 44.0 Å². The van der Waals surface area contributed by atoms with Crippen molar-refractivity contribution in [2.75, 3.05) is 38.2 Å². The van der Waals surface area contributed by atoms with Gasteiger partial charge in [0.1, 0.15) is 36.3 Å². The number of primary amides is 3. The van der Waals surface area contributed by atoms with Crippen molar-refractivity contribution in [3.63, 3.8) is 0 Å². The number of hydrogen-bond acceptors (Lipinski definition) is 14. The fourth-order valence-electron chi connectivity index (χ4n) is 6.65. The van der Waals surface area contributed by atoms with Gasteiger partial charge in [0.05, 0.1) is 19.5 Å². The summed E-state index contributed by atoms with van der Waals surface area (Å²) in [4.78, 5) is 148. The van der Waals surface area contributed by atoms with Crippen LogP contribution in [0.5, 0.6) is 0 Å². The van der Waals surface area contributed by atoms with E-state index in [4.69, 9.17) is 28.7 Å². The van der Waals surface area contributed by atoms with Crippen molar-refractivity contribution in [3.05, 3.63) is 34.9 Å². The molecule has 11 amide bonds. The second kappa shape index (κ2) is 31.5. The van der Waals surface area contributed by atoms with Gasteiger partial charge in [-0.05, 0) is 55.9 Å². The molecule has 1 rings (SSSR count). The fraction of sp³-hybridized carbons (Fsp3) is 0.581. The molecular formula is C43H70N14O11S2. The van der Waals surface area contributed by atoms with Crippen LogP contribution in [0.15, 0.2) is 23.2 Å². The quantitative estimate of drug-likeness (QED) is 0.0140. The Morgan fingerprint density at radius 1 is 0.671 bits per heavy atom. The van der Waals surface area contributed by atoms with Crippen LogP contribution >= 0.6 is 25.3 Å². The number of rotatable bonds is 32. The number of nitrogens with one attached hydrogen (secondary N) is 7. The summed E-state index contributed by atoms with van der Waals surface area (Å²) in [5, 5.41) is 17.4. The van der Waals surface area contributed by atoms with E-state index in [1.807, 2.05) is 32.0 Å². The number of guanidine groups is 1. The van der Waals surface area contributed by atoms with Crippen molar-refractivity contribution in [2.45, 2.75) is 115 Å². The topological polar surface area (TPSA) is 418 Å². The molecule has 0 bridgehead atoms. The van der Waals surface area contributed by atoms with Crippen molar-refractivity contribution < 1.29 is 52.7 Å². The lowest BCUT2D eigenvalue weighted by atomic mass is 9.95. The highest BCUT2D eigenvalue weighted by molar-refractivity contribution is 7.80. The van der Waals surface area contributed by atoms with E-state index >= 15 is 0 Å². The minimum atomic E-state index is -1.77. The van der Waals surface area contributed by atoms with Crippen LogP contribution in [-0.2, 0) is 59.2 Å². The second-order valence-electron chi connectivity index (χ2n) is 16.6. The first-order valence-corrected chi connectivity index (χ1v) is 23.6. The van der Waals surface area contributed by atoms with E-state index in [9.17, 15) is 52.7 Å². The number of benzene rings is 1. The zero-order valence-corrected chi connectivity index (χ0v) is 41.9. The van der Waals surface area contributed by atoms with Crippen LogP contribution in [-0.4, -0.2) is 150 Å². The Labute approximate surface area is 417 Å². The number of aliphatic imine (C=N–C) groups is 1. The van der Waals surface area contributed by atoms with Gasteiger partial charge in [-0.3, -0.25) is 57.7 Å². The highest BCUT2D eigenvalue weighted by Crippen LogP contribution is 2.15. The van der Waals surface area contributed by atoms with Gasteiger partial charge >= 0.3 is 0 Å². The van der Waals surface area contributed by atoms with Crippen molar-refractivity contribution in [2.24, 2.45) is 39.6 Å². The molecule has 390 valence electrons. The number of carbonyl (C=O) groups is 11. The van der Waals surface area contributed by atoms with Gasteiger partial charge < -0.3 is 70.8 Å². The minimum absolute atomic E-state index is 0.0122. The number of carbonyl (C=O) groups excluding carboxylic acids is 11. The number of amides is 11. The van der Waals surface area contributed by atoms with Crippen molar-refractivity contribution in [1.29, 1.82) is 0 Å². The third-order valence-electron chi connectivity index (χ3n) is 10.6. The molecule has 0 aromatic heterocycles. The van der Waals surface area contributed by atoms with E-state index < -0.39 is 139 Å². The number of aryl methyl sites for hydroxylation is 2. The fourth-order valence-corrected chi connectivity index (χ4v) is 7.11. The average Bonchev–Trinajstić information content (AvgIpc) is 3.28. The Bertz CT molecular complexity index is 2070.